The van der Waals surface area contributed by atoms with Gasteiger partial charge in [0, 0.05) is 14.2 Å². The normalized spacial score (nSPS) is 37.4. The van der Waals surface area contributed by atoms with Crippen LogP contribution in [0, 0.1) is 5.92 Å². The highest BCUT2D eigenvalue weighted by atomic mass is 16.8. The number of ether oxygens (including phenoxy) is 4. The van der Waals surface area contributed by atoms with Crippen LogP contribution in [0.15, 0.2) is 23.3 Å². The highest BCUT2D eigenvalue weighted by Gasteiger charge is 2.50. The van der Waals surface area contributed by atoms with Crippen LogP contribution < -0.4 is 0 Å². The summed E-state index contributed by atoms with van der Waals surface area (Å²) in [4.78, 5) is 11.9. The summed E-state index contributed by atoms with van der Waals surface area (Å²) in [6.07, 6.45) is 1.74. The van der Waals surface area contributed by atoms with Crippen LogP contribution in [0.4, 0.5) is 0 Å². The molecule has 0 unspecified atom stereocenters. The van der Waals surface area contributed by atoms with Gasteiger partial charge in [0.1, 0.15) is 0 Å². The minimum atomic E-state index is -1.14. The van der Waals surface area contributed by atoms with Gasteiger partial charge in [-0.15, -0.1) is 0 Å². The maximum absolute atomic E-state index is 11.9. The number of carbonyl (C=O) groups excluding carboxylic acids is 1. The SMILES string of the molecule is COC(=O)C1=C2C=C[C@](C)(O)[C@H]2[C@H](OC)O[C@@H]1OC. The van der Waals surface area contributed by atoms with E-state index in [1.807, 2.05) is 0 Å². The van der Waals surface area contributed by atoms with Gasteiger partial charge >= 0.3 is 5.97 Å². The second-order valence-corrected chi connectivity index (χ2v) is 4.71. The lowest BCUT2D eigenvalue weighted by Gasteiger charge is -2.39. The Bertz CT molecular complexity index is 436. The minimum absolute atomic E-state index is 0.261. The van der Waals surface area contributed by atoms with Crippen molar-refractivity contribution in [3.05, 3.63) is 23.3 Å². The molecule has 0 saturated heterocycles. The molecule has 1 aliphatic heterocycles. The van der Waals surface area contributed by atoms with Crippen molar-refractivity contribution >= 4 is 5.97 Å². The Hall–Kier alpha value is -1.21. The Morgan fingerprint density at radius 3 is 2.58 bits per heavy atom. The number of carbonyl (C=O) groups is 1. The fourth-order valence-corrected chi connectivity index (χ4v) is 2.55. The zero-order valence-electron chi connectivity index (χ0n) is 11.4. The number of rotatable bonds is 3. The van der Waals surface area contributed by atoms with Crippen LogP contribution in [0.2, 0.25) is 0 Å². The fourth-order valence-electron chi connectivity index (χ4n) is 2.55. The molecular formula is C13H18O6. The van der Waals surface area contributed by atoms with Crippen LogP contribution in [0.25, 0.3) is 0 Å². The molecule has 0 aromatic rings. The fraction of sp³-hybridized carbons (Fsp3) is 0.615. The summed E-state index contributed by atoms with van der Waals surface area (Å²) in [6, 6.07) is 0. The lowest BCUT2D eigenvalue weighted by atomic mass is 9.84. The van der Waals surface area contributed by atoms with E-state index < -0.39 is 30.1 Å². The van der Waals surface area contributed by atoms with E-state index in [0.29, 0.717) is 5.57 Å². The lowest BCUT2D eigenvalue weighted by molar-refractivity contribution is -0.253. The van der Waals surface area contributed by atoms with E-state index in [4.69, 9.17) is 18.9 Å². The van der Waals surface area contributed by atoms with Crippen molar-refractivity contribution in [2.45, 2.75) is 25.1 Å². The Labute approximate surface area is 111 Å². The van der Waals surface area contributed by atoms with Crippen molar-refractivity contribution in [1.82, 2.24) is 0 Å². The first-order valence-corrected chi connectivity index (χ1v) is 5.91. The molecule has 1 aliphatic carbocycles. The second-order valence-electron chi connectivity index (χ2n) is 4.71. The maximum atomic E-state index is 11.9. The molecule has 2 rings (SSSR count). The van der Waals surface area contributed by atoms with Crippen LogP contribution >= 0.6 is 0 Å². The van der Waals surface area contributed by atoms with Gasteiger partial charge in [-0.05, 0) is 12.5 Å². The first-order valence-electron chi connectivity index (χ1n) is 5.91. The number of methoxy groups -OCH3 is 3. The van der Waals surface area contributed by atoms with Crippen molar-refractivity contribution in [3.8, 4) is 0 Å². The zero-order valence-corrected chi connectivity index (χ0v) is 11.4. The lowest BCUT2D eigenvalue weighted by Crippen LogP contribution is -2.47. The zero-order chi connectivity index (χ0) is 14.2. The number of fused-ring (bicyclic) bond motifs is 1. The molecule has 0 aromatic carbocycles. The maximum Gasteiger partial charge on any atom is 0.339 e. The molecule has 19 heavy (non-hydrogen) atoms. The molecule has 1 N–H and O–H groups in total. The predicted octanol–water partition coefficient (Wildman–Crippen LogP) is 0.368. The van der Waals surface area contributed by atoms with Crippen LogP contribution in [0.3, 0.4) is 0 Å². The van der Waals surface area contributed by atoms with E-state index in [9.17, 15) is 9.90 Å². The first-order chi connectivity index (χ1) is 8.96. The Balaban J connectivity index is 2.53. The molecule has 0 fully saturated rings. The average Bonchev–Trinajstić information content (AvgIpc) is 2.72. The molecular weight excluding hydrogens is 252 g/mol. The molecule has 6 nitrogen and oxygen atoms in total. The topological polar surface area (TPSA) is 74.2 Å². The van der Waals surface area contributed by atoms with Crippen molar-refractivity contribution in [2.75, 3.05) is 21.3 Å². The number of aliphatic hydroxyl groups is 1. The molecule has 2 aliphatic rings. The van der Waals surface area contributed by atoms with Crippen LogP contribution in [0.5, 0.6) is 0 Å². The van der Waals surface area contributed by atoms with Crippen molar-refractivity contribution in [1.29, 1.82) is 0 Å². The molecule has 0 amide bonds. The van der Waals surface area contributed by atoms with E-state index in [0.717, 1.165) is 0 Å². The molecule has 106 valence electrons. The summed E-state index contributed by atoms with van der Waals surface area (Å²) in [7, 11) is 4.20. The van der Waals surface area contributed by atoms with Gasteiger partial charge in [-0.3, -0.25) is 0 Å². The number of allylic oxidation sites excluding steroid dienone is 1. The van der Waals surface area contributed by atoms with E-state index in [2.05, 4.69) is 0 Å². The van der Waals surface area contributed by atoms with Gasteiger partial charge in [-0.1, -0.05) is 12.2 Å². The summed E-state index contributed by atoms with van der Waals surface area (Å²) in [5.74, 6) is -1.03. The second kappa shape index (κ2) is 5.05. The van der Waals surface area contributed by atoms with E-state index >= 15 is 0 Å². The molecule has 0 radical (unpaired) electrons. The molecule has 1 heterocycles. The molecule has 6 heteroatoms. The highest BCUT2D eigenvalue weighted by Crippen LogP contribution is 2.44. The van der Waals surface area contributed by atoms with E-state index in [-0.39, 0.29) is 5.57 Å². The van der Waals surface area contributed by atoms with E-state index in [1.165, 1.54) is 21.3 Å². The Morgan fingerprint density at radius 2 is 2.05 bits per heavy atom. The van der Waals surface area contributed by atoms with Crippen LogP contribution in [-0.4, -0.2) is 50.6 Å². The van der Waals surface area contributed by atoms with Crippen LogP contribution in [0.1, 0.15) is 6.92 Å². The predicted molar refractivity (Wildman–Crippen MR) is 65.0 cm³/mol. The van der Waals surface area contributed by atoms with Crippen molar-refractivity contribution in [2.24, 2.45) is 5.92 Å². The molecule has 0 saturated carbocycles. The summed E-state index contributed by atoms with van der Waals surface area (Å²) in [5.41, 5.74) is -0.257. The monoisotopic (exact) mass is 270 g/mol. The third-order valence-electron chi connectivity index (χ3n) is 3.49. The Morgan fingerprint density at radius 1 is 1.37 bits per heavy atom. The smallest absolute Gasteiger partial charge is 0.339 e. The van der Waals surface area contributed by atoms with Gasteiger partial charge in [-0.2, -0.15) is 0 Å². The summed E-state index contributed by atoms with van der Waals surface area (Å²) >= 11 is 0. The van der Waals surface area contributed by atoms with Crippen molar-refractivity contribution < 1.29 is 28.8 Å². The van der Waals surface area contributed by atoms with Gasteiger partial charge in [0.25, 0.3) is 0 Å². The number of esters is 1. The highest BCUT2D eigenvalue weighted by molar-refractivity contribution is 5.91. The van der Waals surface area contributed by atoms with Gasteiger partial charge in [0.05, 0.1) is 24.2 Å². The minimum Gasteiger partial charge on any atom is -0.466 e. The first kappa shape index (κ1) is 14.2. The quantitative estimate of drug-likeness (QED) is 0.747. The third kappa shape index (κ3) is 2.21. The van der Waals surface area contributed by atoms with Gasteiger partial charge in [0.2, 0.25) is 0 Å². The van der Waals surface area contributed by atoms with E-state index in [1.54, 1.807) is 19.1 Å². The Kier molecular flexibility index (Phi) is 3.78. The largest absolute Gasteiger partial charge is 0.466 e. The molecule has 0 spiro atoms. The molecule has 4 atom stereocenters. The van der Waals surface area contributed by atoms with Crippen molar-refractivity contribution in [3.63, 3.8) is 0 Å². The summed E-state index contributed by atoms with van der Waals surface area (Å²) < 4.78 is 20.7. The average molecular weight is 270 g/mol. The molecule has 0 bridgehead atoms. The third-order valence-corrected chi connectivity index (χ3v) is 3.49. The van der Waals surface area contributed by atoms with Gasteiger partial charge in [-0.25, -0.2) is 4.79 Å². The standard InChI is InChI=1S/C13H18O6/c1-13(15)6-5-7-8(10(14)16-2)11(17-3)19-12(18-4)9(7)13/h5-6,9,11-12,15H,1-4H3/t9-,11+,12-,13+/m1/s1. The van der Waals surface area contributed by atoms with Crippen LogP contribution in [-0.2, 0) is 23.7 Å². The van der Waals surface area contributed by atoms with Gasteiger partial charge < -0.3 is 24.1 Å². The number of hydrogen-bond acceptors (Lipinski definition) is 6. The molecule has 0 aromatic heterocycles. The van der Waals surface area contributed by atoms with Gasteiger partial charge in [0.15, 0.2) is 12.6 Å². The number of hydrogen-bond donors (Lipinski definition) is 1. The summed E-state index contributed by atoms with van der Waals surface area (Å²) in [6.45, 7) is 1.64. The summed E-state index contributed by atoms with van der Waals surface area (Å²) in [5, 5.41) is 10.3.